The maximum Gasteiger partial charge on any atom is 0.0682 e. The molecule has 1 aromatic rings. The zero-order valence-corrected chi connectivity index (χ0v) is 6.41. The van der Waals surface area contributed by atoms with Gasteiger partial charge in [-0.15, -0.1) is 12.4 Å². The van der Waals surface area contributed by atoms with Gasteiger partial charge in [0.2, 0.25) is 0 Å². The van der Waals surface area contributed by atoms with Crippen molar-refractivity contribution in [2.75, 3.05) is 0 Å². The molecule has 1 rings (SSSR count). The number of halogens is 2. The Morgan fingerprint density at radius 3 is 2.56 bits per heavy atom. The third-order valence-corrected chi connectivity index (χ3v) is 0.950. The average Bonchev–Trinajstić information content (AvgIpc) is 1.64. The lowest BCUT2D eigenvalue weighted by Gasteiger charge is -1.86. The van der Waals surface area contributed by atoms with Crippen LogP contribution in [-0.4, -0.2) is 10.2 Å². The molecule has 0 unspecified atom stereocenters. The quantitative estimate of drug-likeness (QED) is 0.586. The third kappa shape index (κ3) is 2.63. The Balaban J connectivity index is 0.000000640. The first kappa shape index (κ1) is 8.66. The predicted octanol–water partition coefficient (Wildman–Crippen LogP) is 1.86. The summed E-state index contributed by atoms with van der Waals surface area (Å²) < 4.78 is 0. The van der Waals surface area contributed by atoms with Gasteiger partial charge in [-0.1, -0.05) is 11.6 Å². The molecule has 0 aliphatic heterocycles. The van der Waals surface area contributed by atoms with Gasteiger partial charge in [-0.3, -0.25) is 0 Å². The lowest BCUT2D eigenvalue weighted by atomic mass is 10.4. The first-order valence-electron chi connectivity index (χ1n) is 2.24. The standard InChI is InChI=1S/C5H5ClN2.ClH/c1-4-2-5(6)3-7-8-4;/h2-3H,1H3;1H. The monoisotopic (exact) mass is 164 g/mol. The van der Waals surface area contributed by atoms with Crippen molar-refractivity contribution in [2.45, 2.75) is 6.92 Å². The summed E-state index contributed by atoms with van der Waals surface area (Å²) in [7, 11) is 0. The molecular formula is C5H6Cl2N2. The fourth-order valence-corrected chi connectivity index (χ4v) is 0.642. The average molecular weight is 165 g/mol. The van der Waals surface area contributed by atoms with Crippen LogP contribution < -0.4 is 0 Å². The zero-order valence-electron chi connectivity index (χ0n) is 4.84. The maximum absolute atomic E-state index is 5.54. The highest BCUT2D eigenvalue weighted by Gasteiger charge is 1.85. The number of rotatable bonds is 0. The molecule has 0 bridgehead atoms. The Hall–Kier alpha value is -0.340. The van der Waals surface area contributed by atoms with Crippen molar-refractivity contribution < 1.29 is 0 Å². The van der Waals surface area contributed by atoms with Gasteiger partial charge in [0.1, 0.15) is 0 Å². The predicted molar refractivity (Wildman–Crippen MR) is 39.0 cm³/mol. The van der Waals surface area contributed by atoms with Gasteiger partial charge in [-0.25, -0.2) is 0 Å². The summed E-state index contributed by atoms with van der Waals surface area (Å²) >= 11 is 5.54. The molecule has 9 heavy (non-hydrogen) atoms. The van der Waals surface area contributed by atoms with E-state index in [0.29, 0.717) is 5.02 Å². The summed E-state index contributed by atoms with van der Waals surface area (Å²) in [6.45, 7) is 1.85. The highest BCUT2D eigenvalue weighted by atomic mass is 35.5. The summed E-state index contributed by atoms with van der Waals surface area (Å²) in [6.07, 6.45) is 1.51. The lowest BCUT2D eigenvalue weighted by Crippen LogP contribution is -1.82. The van der Waals surface area contributed by atoms with Crippen molar-refractivity contribution in [1.29, 1.82) is 0 Å². The van der Waals surface area contributed by atoms with Crippen molar-refractivity contribution in [3.63, 3.8) is 0 Å². The number of aromatic nitrogens is 2. The van der Waals surface area contributed by atoms with E-state index in [2.05, 4.69) is 10.2 Å². The number of aryl methyl sites for hydroxylation is 1. The van der Waals surface area contributed by atoms with E-state index in [9.17, 15) is 0 Å². The second kappa shape index (κ2) is 3.64. The van der Waals surface area contributed by atoms with E-state index < -0.39 is 0 Å². The molecule has 0 radical (unpaired) electrons. The molecule has 0 aliphatic rings. The topological polar surface area (TPSA) is 25.8 Å². The van der Waals surface area contributed by atoms with Crippen molar-refractivity contribution in [2.24, 2.45) is 0 Å². The molecule has 1 heterocycles. The maximum atomic E-state index is 5.54. The molecule has 0 aromatic carbocycles. The molecule has 0 N–H and O–H groups in total. The van der Waals surface area contributed by atoms with Crippen molar-refractivity contribution in [1.82, 2.24) is 10.2 Å². The summed E-state index contributed by atoms with van der Waals surface area (Å²) in [5.74, 6) is 0. The van der Waals surface area contributed by atoms with Crippen LogP contribution in [0.5, 0.6) is 0 Å². The van der Waals surface area contributed by atoms with Crippen molar-refractivity contribution in [3.8, 4) is 0 Å². The van der Waals surface area contributed by atoms with Crippen LogP contribution in [0.2, 0.25) is 5.02 Å². The third-order valence-electron chi connectivity index (χ3n) is 0.743. The van der Waals surface area contributed by atoms with Gasteiger partial charge < -0.3 is 0 Å². The fourth-order valence-electron chi connectivity index (χ4n) is 0.441. The van der Waals surface area contributed by atoms with Crippen LogP contribution >= 0.6 is 24.0 Å². The van der Waals surface area contributed by atoms with Gasteiger partial charge in [0.15, 0.2) is 0 Å². The van der Waals surface area contributed by atoms with Gasteiger partial charge in [-0.05, 0) is 13.0 Å². The minimum absolute atomic E-state index is 0. The smallest absolute Gasteiger partial charge is 0.0682 e. The molecule has 0 saturated carbocycles. The molecule has 1 aromatic heterocycles. The van der Waals surface area contributed by atoms with Crippen molar-refractivity contribution in [3.05, 3.63) is 23.0 Å². The van der Waals surface area contributed by atoms with E-state index in [-0.39, 0.29) is 12.4 Å². The van der Waals surface area contributed by atoms with Crippen LogP contribution in [0.25, 0.3) is 0 Å². The molecule has 50 valence electrons. The molecule has 0 spiro atoms. The van der Waals surface area contributed by atoms with E-state index in [0.717, 1.165) is 5.69 Å². The molecule has 0 saturated heterocycles. The minimum Gasteiger partial charge on any atom is -0.157 e. The van der Waals surface area contributed by atoms with Gasteiger partial charge in [0.05, 0.1) is 16.9 Å². The number of hydrogen-bond acceptors (Lipinski definition) is 2. The van der Waals surface area contributed by atoms with E-state index >= 15 is 0 Å². The van der Waals surface area contributed by atoms with Crippen LogP contribution in [0.1, 0.15) is 5.69 Å². The van der Waals surface area contributed by atoms with Crippen molar-refractivity contribution >= 4 is 24.0 Å². The van der Waals surface area contributed by atoms with Gasteiger partial charge in [0, 0.05) is 0 Å². The normalized spacial score (nSPS) is 8.22. The van der Waals surface area contributed by atoms with Crippen LogP contribution in [0.4, 0.5) is 0 Å². The molecule has 0 amide bonds. The highest BCUT2D eigenvalue weighted by Crippen LogP contribution is 2.03. The fraction of sp³-hybridized carbons (Fsp3) is 0.200. The SMILES string of the molecule is Cc1cc(Cl)cnn1.Cl. The molecule has 0 atom stereocenters. The summed E-state index contributed by atoms with van der Waals surface area (Å²) in [4.78, 5) is 0. The Morgan fingerprint density at radius 1 is 1.56 bits per heavy atom. The van der Waals surface area contributed by atoms with Crippen LogP contribution in [0.15, 0.2) is 12.3 Å². The van der Waals surface area contributed by atoms with E-state index in [4.69, 9.17) is 11.6 Å². The Labute approximate surface area is 64.7 Å². The van der Waals surface area contributed by atoms with E-state index in [1.54, 1.807) is 6.07 Å². The second-order valence-corrected chi connectivity index (χ2v) is 1.95. The zero-order chi connectivity index (χ0) is 5.98. The number of hydrogen-bond donors (Lipinski definition) is 0. The molecule has 0 aliphatic carbocycles. The highest BCUT2D eigenvalue weighted by molar-refractivity contribution is 6.30. The molecule has 2 nitrogen and oxygen atoms in total. The molecular weight excluding hydrogens is 159 g/mol. The second-order valence-electron chi connectivity index (χ2n) is 1.52. The summed E-state index contributed by atoms with van der Waals surface area (Å²) in [5.41, 5.74) is 0.845. The number of nitrogens with zero attached hydrogens (tertiary/aromatic N) is 2. The first-order valence-corrected chi connectivity index (χ1v) is 2.61. The lowest BCUT2D eigenvalue weighted by molar-refractivity contribution is 0.981. The van der Waals surface area contributed by atoms with E-state index in [1.807, 2.05) is 6.92 Å². The Kier molecular flexibility index (Phi) is 3.50. The van der Waals surface area contributed by atoms with Gasteiger partial charge in [-0.2, -0.15) is 10.2 Å². The van der Waals surface area contributed by atoms with Crippen LogP contribution in [0, 0.1) is 6.92 Å². The summed E-state index contributed by atoms with van der Waals surface area (Å²) in [5, 5.41) is 7.94. The first-order chi connectivity index (χ1) is 3.79. The Bertz CT molecular complexity index is 173. The Morgan fingerprint density at radius 2 is 2.22 bits per heavy atom. The van der Waals surface area contributed by atoms with Crippen LogP contribution in [-0.2, 0) is 0 Å². The van der Waals surface area contributed by atoms with Crippen LogP contribution in [0.3, 0.4) is 0 Å². The van der Waals surface area contributed by atoms with E-state index in [1.165, 1.54) is 6.20 Å². The largest absolute Gasteiger partial charge is 0.157 e. The molecule has 0 fully saturated rings. The van der Waals surface area contributed by atoms with Gasteiger partial charge >= 0.3 is 0 Å². The minimum atomic E-state index is 0. The molecule has 4 heteroatoms. The van der Waals surface area contributed by atoms with Gasteiger partial charge in [0.25, 0.3) is 0 Å². The summed E-state index contributed by atoms with van der Waals surface area (Å²) in [6, 6.07) is 1.76.